The van der Waals surface area contributed by atoms with Gasteiger partial charge in [0.05, 0.1) is 19.3 Å². The summed E-state index contributed by atoms with van der Waals surface area (Å²) in [4.78, 5) is 12.1. The van der Waals surface area contributed by atoms with Gasteiger partial charge in [0.25, 0.3) is 5.91 Å². The summed E-state index contributed by atoms with van der Waals surface area (Å²) in [5.41, 5.74) is 0.662. The van der Waals surface area contributed by atoms with Crippen LogP contribution in [0.15, 0.2) is 40.8 Å². The Balaban J connectivity index is 1.60. The molecule has 0 spiro atoms. The first-order valence-corrected chi connectivity index (χ1v) is 7.62. The molecule has 1 aromatic carbocycles. The summed E-state index contributed by atoms with van der Waals surface area (Å²) in [5.74, 6) is -0.601. The molecule has 1 aliphatic heterocycles. The van der Waals surface area contributed by atoms with Crippen LogP contribution in [-0.2, 0) is 4.74 Å². The van der Waals surface area contributed by atoms with E-state index in [4.69, 9.17) is 9.15 Å². The number of carbonyl (C=O) groups excluding carboxylic acids is 1. The normalized spacial score (nSPS) is 23.9. The Hall–Kier alpha value is -2.22. The number of carbonyl (C=O) groups is 1. The monoisotopic (exact) mass is 335 g/mol. The minimum atomic E-state index is -0.950. The first-order chi connectivity index (χ1) is 11.5. The van der Waals surface area contributed by atoms with Crippen LogP contribution in [0.1, 0.15) is 10.6 Å². The second-order valence-electron chi connectivity index (χ2n) is 5.74. The number of hydrogen-bond acceptors (Lipinski definition) is 5. The lowest BCUT2D eigenvalue weighted by Crippen LogP contribution is -2.48. The average molecular weight is 335 g/mol. The summed E-state index contributed by atoms with van der Waals surface area (Å²) in [7, 11) is 0. The van der Waals surface area contributed by atoms with Crippen molar-refractivity contribution >= 4 is 5.91 Å². The van der Waals surface area contributed by atoms with E-state index in [0.29, 0.717) is 11.3 Å². The number of hydrogen-bond donors (Lipinski definition) is 3. The fourth-order valence-electron chi connectivity index (χ4n) is 2.57. The van der Waals surface area contributed by atoms with Crippen LogP contribution in [0.2, 0.25) is 0 Å². The maximum Gasteiger partial charge on any atom is 0.287 e. The standard InChI is InChI=1S/C17H18FNO5/c18-12-3-1-10(2-4-12)14-5-6-15(24-14)17(22)19-7-11-8-23-9-13(20)16(11)21/h1-6,11,13,16,20-21H,7-9H2,(H,19,22)/t11-,13-,16+/m1/s1. The highest BCUT2D eigenvalue weighted by Crippen LogP contribution is 2.22. The number of amides is 1. The van der Waals surface area contributed by atoms with Gasteiger partial charge in [-0.2, -0.15) is 0 Å². The Kier molecular flexibility index (Phi) is 4.94. The molecule has 0 saturated carbocycles. The molecule has 3 rings (SSSR count). The van der Waals surface area contributed by atoms with Crippen LogP contribution in [0.25, 0.3) is 11.3 Å². The first-order valence-electron chi connectivity index (χ1n) is 7.62. The molecule has 128 valence electrons. The number of aliphatic hydroxyl groups is 2. The van der Waals surface area contributed by atoms with E-state index in [-0.39, 0.29) is 37.3 Å². The molecular formula is C17H18FNO5. The molecule has 1 aliphatic rings. The Morgan fingerprint density at radius 1 is 1.17 bits per heavy atom. The van der Waals surface area contributed by atoms with Crippen molar-refractivity contribution in [3.63, 3.8) is 0 Å². The third kappa shape index (κ3) is 3.64. The molecule has 0 unspecified atom stereocenters. The zero-order valence-corrected chi connectivity index (χ0v) is 12.8. The highest BCUT2D eigenvalue weighted by atomic mass is 19.1. The van der Waals surface area contributed by atoms with E-state index in [9.17, 15) is 19.4 Å². The van der Waals surface area contributed by atoms with Crippen molar-refractivity contribution in [3.8, 4) is 11.3 Å². The van der Waals surface area contributed by atoms with Crippen molar-refractivity contribution in [2.45, 2.75) is 12.2 Å². The molecule has 3 N–H and O–H groups in total. The molecule has 1 fully saturated rings. The third-order valence-electron chi connectivity index (χ3n) is 3.98. The van der Waals surface area contributed by atoms with Gasteiger partial charge in [0.15, 0.2) is 5.76 Å². The molecule has 1 aromatic heterocycles. The van der Waals surface area contributed by atoms with E-state index in [2.05, 4.69) is 5.32 Å². The van der Waals surface area contributed by atoms with Gasteiger partial charge in [0, 0.05) is 18.0 Å². The van der Waals surface area contributed by atoms with E-state index in [1.807, 2.05) is 0 Å². The molecule has 0 bridgehead atoms. The molecule has 0 radical (unpaired) electrons. The number of benzene rings is 1. The van der Waals surface area contributed by atoms with E-state index >= 15 is 0 Å². The predicted molar refractivity (Wildman–Crippen MR) is 82.8 cm³/mol. The van der Waals surface area contributed by atoms with Crippen molar-refractivity contribution in [3.05, 3.63) is 48.0 Å². The van der Waals surface area contributed by atoms with Crippen molar-refractivity contribution < 1.29 is 28.6 Å². The summed E-state index contributed by atoms with van der Waals surface area (Å²) in [6, 6.07) is 8.90. The second kappa shape index (κ2) is 7.12. The lowest BCUT2D eigenvalue weighted by molar-refractivity contribution is -0.118. The summed E-state index contributed by atoms with van der Waals surface area (Å²) in [5, 5.41) is 22.1. The number of nitrogens with one attached hydrogen (secondary N) is 1. The topological polar surface area (TPSA) is 91.9 Å². The van der Waals surface area contributed by atoms with Gasteiger partial charge >= 0.3 is 0 Å². The number of aliphatic hydroxyl groups excluding tert-OH is 2. The number of ether oxygens (including phenoxy) is 1. The van der Waals surface area contributed by atoms with Crippen LogP contribution >= 0.6 is 0 Å². The van der Waals surface area contributed by atoms with Crippen LogP contribution in [0.3, 0.4) is 0 Å². The van der Waals surface area contributed by atoms with Gasteiger partial charge in [-0.05, 0) is 36.4 Å². The minimum Gasteiger partial charge on any atom is -0.451 e. The molecule has 24 heavy (non-hydrogen) atoms. The second-order valence-corrected chi connectivity index (χ2v) is 5.74. The van der Waals surface area contributed by atoms with Gasteiger partial charge in [-0.1, -0.05) is 0 Å². The third-order valence-corrected chi connectivity index (χ3v) is 3.98. The zero-order valence-electron chi connectivity index (χ0n) is 12.8. The van der Waals surface area contributed by atoms with Gasteiger partial charge in [0.1, 0.15) is 17.7 Å². The van der Waals surface area contributed by atoms with Gasteiger partial charge in [0.2, 0.25) is 0 Å². The SMILES string of the molecule is O=C(NC[C@@H]1COC[C@@H](O)[C@H]1O)c1ccc(-c2ccc(F)cc2)o1. The predicted octanol–water partition coefficient (Wildman–Crippen LogP) is 1.18. The zero-order chi connectivity index (χ0) is 17.1. The Morgan fingerprint density at radius 3 is 2.67 bits per heavy atom. The maximum absolute atomic E-state index is 12.9. The molecule has 1 amide bonds. The minimum absolute atomic E-state index is 0.0881. The summed E-state index contributed by atoms with van der Waals surface area (Å²) >= 11 is 0. The first kappa shape index (κ1) is 16.6. The molecular weight excluding hydrogens is 317 g/mol. The lowest BCUT2D eigenvalue weighted by Gasteiger charge is -2.31. The highest BCUT2D eigenvalue weighted by Gasteiger charge is 2.31. The van der Waals surface area contributed by atoms with Crippen LogP contribution in [-0.4, -0.2) is 48.1 Å². The van der Waals surface area contributed by atoms with Gasteiger partial charge < -0.3 is 24.7 Å². The fraction of sp³-hybridized carbons (Fsp3) is 0.353. The average Bonchev–Trinajstić information content (AvgIpc) is 3.07. The van der Waals surface area contributed by atoms with E-state index in [1.165, 1.54) is 18.2 Å². The van der Waals surface area contributed by atoms with E-state index < -0.39 is 18.1 Å². The molecule has 7 heteroatoms. The number of rotatable bonds is 4. The van der Waals surface area contributed by atoms with Crippen molar-refractivity contribution in [2.75, 3.05) is 19.8 Å². The van der Waals surface area contributed by atoms with Crippen molar-refractivity contribution in [1.82, 2.24) is 5.32 Å². The lowest BCUT2D eigenvalue weighted by atomic mass is 9.96. The molecule has 6 nitrogen and oxygen atoms in total. The van der Waals surface area contributed by atoms with Gasteiger partial charge in [-0.25, -0.2) is 4.39 Å². The molecule has 1 saturated heterocycles. The number of halogens is 1. The molecule has 2 aromatic rings. The Morgan fingerprint density at radius 2 is 1.92 bits per heavy atom. The summed E-state index contributed by atoms with van der Waals surface area (Å²) in [6.45, 7) is 0.506. The quantitative estimate of drug-likeness (QED) is 0.780. The maximum atomic E-state index is 12.9. The molecule has 0 aliphatic carbocycles. The summed E-state index contributed by atoms with van der Waals surface area (Å²) < 4.78 is 23.6. The van der Waals surface area contributed by atoms with Crippen molar-refractivity contribution in [2.24, 2.45) is 5.92 Å². The van der Waals surface area contributed by atoms with E-state index in [0.717, 1.165) is 0 Å². The fourth-order valence-corrected chi connectivity index (χ4v) is 2.57. The van der Waals surface area contributed by atoms with Crippen LogP contribution < -0.4 is 5.32 Å². The molecule has 2 heterocycles. The van der Waals surface area contributed by atoms with E-state index in [1.54, 1.807) is 18.2 Å². The van der Waals surface area contributed by atoms with Crippen LogP contribution in [0.4, 0.5) is 4.39 Å². The Labute approximate surface area is 137 Å². The highest BCUT2D eigenvalue weighted by molar-refractivity contribution is 5.92. The smallest absolute Gasteiger partial charge is 0.287 e. The van der Waals surface area contributed by atoms with Crippen LogP contribution in [0.5, 0.6) is 0 Å². The Bertz CT molecular complexity index is 699. The largest absolute Gasteiger partial charge is 0.451 e. The number of furan rings is 1. The summed E-state index contributed by atoms with van der Waals surface area (Å²) in [6.07, 6.45) is -1.89. The molecule has 3 atom stereocenters. The van der Waals surface area contributed by atoms with Gasteiger partial charge in [-0.15, -0.1) is 0 Å². The van der Waals surface area contributed by atoms with Crippen LogP contribution in [0, 0.1) is 11.7 Å². The van der Waals surface area contributed by atoms with Crippen molar-refractivity contribution in [1.29, 1.82) is 0 Å². The van der Waals surface area contributed by atoms with Gasteiger partial charge in [-0.3, -0.25) is 4.79 Å².